The van der Waals surface area contributed by atoms with Crippen molar-refractivity contribution in [1.82, 2.24) is 0 Å². The molecule has 0 aromatic heterocycles. The smallest absolute Gasteiger partial charge is 0.379 e. The standard InChI is InChI=1S/C10H19NO8S2/c1-4(2)9(11-21(16,17)18)20-10-8(15)7(14)6(13)5(3-12)19-10/h4-8,10,12-15H,3H2,1-2H3,(H,16,17,18)/t5-,6-,7+,8-,10+/m1/s1. The number of aliphatic hydroxyl groups is 4. The average molecular weight is 345 g/mol. The minimum atomic E-state index is -4.61. The quantitative estimate of drug-likeness (QED) is 0.229. The molecule has 0 amide bonds. The van der Waals surface area contributed by atoms with E-state index in [-0.39, 0.29) is 5.04 Å². The molecule has 0 bridgehead atoms. The second kappa shape index (κ2) is 7.33. The van der Waals surface area contributed by atoms with Crippen LogP contribution in [0.2, 0.25) is 0 Å². The lowest BCUT2D eigenvalue weighted by Gasteiger charge is -2.39. The summed E-state index contributed by atoms with van der Waals surface area (Å²) in [6.45, 7) is 2.64. The van der Waals surface area contributed by atoms with Crippen LogP contribution in [-0.2, 0) is 15.0 Å². The zero-order chi connectivity index (χ0) is 16.4. The van der Waals surface area contributed by atoms with Gasteiger partial charge in [-0.3, -0.25) is 4.55 Å². The minimum absolute atomic E-state index is 0.0400. The van der Waals surface area contributed by atoms with Crippen LogP contribution in [0.5, 0.6) is 0 Å². The van der Waals surface area contributed by atoms with Crippen LogP contribution in [0, 0.1) is 5.92 Å². The monoisotopic (exact) mass is 345 g/mol. The highest BCUT2D eigenvalue weighted by molar-refractivity contribution is 8.14. The van der Waals surface area contributed by atoms with Gasteiger partial charge in [0.15, 0.2) is 0 Å². The van der Waals surface area contributed by atoms with Gasteiger partial charge in [0.25, 0.3) is 0 Å². The molecule has 1 saturated heterocycles. The molecule has 5 N–H and O–H groups in total. The predicted molar refractivity (Wildman–Crippen MR) is 75.2 cm³/mol. The Hall–Kier alpha value is -0.270. The summed E-state index contributed by atoms with van der Waals surface area (Å²) in [6, 6.07) is 0. The van der Waals surface area contributed by atoms with Gasteiger partial charge < -0.3 is 25.2 Å². The summed E-state index contributed by atoms with van der Waals surface area (Å²) in [5.74, 6) is -0.399. The number of aliphatic hydroxyl groups excluding tert-OH is 4. The van der Waals surface area contributed by atoms with E-state index in [2.05, 4.69) is 4.40 Å². The molecule has 0 radical (unpaired) electrons. The molecule has 21 heavy (non-hydrogen) atoms. The summed E-state index contributed by atoms with van der Waals surface area (Å²) in [5, 5.41) is 38.1. The summed E-state index contributed by atoms with van der Waals surface area (Å²) in [7, 11) is -4.61. The van der Waals surface area contributed by atoms with E-state index in [4.69, 9.17) is 14.4 Å². The Bertz CT molecular complexity index is 477. The van der Waals surface area contributed by atoms with Crippen LogP contribution in [0.1, 0.15) is 13.8 Å². The number of hydrogen-bond acceptors (Lipinski definition) is 8. The SMILES string of the molecule is CC(C)C(=NS(=O)(=O)O)S[C@@H]1O[C@H](CO)[C@@H](O)[C@H](O)[C@H]1O. The Morgan fingerprint density at radius 2 is 1.81 bits per heavy atom. The highest BCUT2D eigenvalue weighted by atomic mass is 32.2. The Morgan fingerprint density at radius 1 is 1.24 bits per heavy atom. The van der Waals surface area contributed by atoms with E-state index in [0.29, 0.717) is 11.8 Å². The summed E-state index contributed by atoms with van der Waals surface area (Å²) in [5.41, 5.74) is -1.15. The lowest BCUT2D eigenvalue weighted by Crippen LogP contribution is -2.57. The van der Waals surface area contributed by atoms with E-state index in [1.165, 1.54) is 0 Å². The van der Waals surface area contributed by atoms with Gasteiger partial charge in [0.05, 0.1) is 11.7 Å². The van der Waals surface area contributed by atoms with Crippen molar-refractivity contribution in [2.45, 2.75) is 43.7 Å². The van der Waals surface area contributed by atoms with Crippen molar-refractivity contribution in [2.75, 3.05) is 6.61 Å². The number of rotatable bonds is 4. The van der Waals surface area contributed by atoms with Crippen molar-refractivity contribution in [3.05, 3.63) is 0 Å². The maximum Gasteiger partial charge on any atom is 0.379 e. The molecule has 11 heteroatoms. The third-order valence-electron chi connectivity index (χ3n) is 2.78. The first-order valence-electron chi connectivity index (χ1n) is 6.11. The minimum Gasteiger partial charge on any atom is -0.394 e. The van der Waals surface area contributed by atoms with Gasteiger partial charge in [0.2, 0.25) is 0 Å². The van der Waals surface area contributed by atoms with Gasteiger partial charge in [-0.15, -0.1) is 4.40 Å². The van der Waals surface area contributed by atoms with Gasteiger partial charge in [-0.1, -0.05) is 25.6 Å². The molecule has 1 fully saturated rings. The maximum absolute atomic E-state index is 10.8. The zero-order valence-electron chi connectivity index (χ0n) is 11.4. The molecule has 1 aliphatic rings. The van der Waals surface area contributed by atoms with Crippen LogP contribution in [-0.4, -0.2) is 74.9 Å². The molecule has 9 nitrogen and oxygen atoms in total. The van der Waals surface area contributed by atoms with E-state index in [9.17, 15) is 23.7 Å². The van der Waals surface area contributed by atoms with Crippen LogP contribution in [0.25, 0.3) is 0 Å². The second-order valence-corrected chi connectivity index (χ2v) is 7.04. The van der Waals surface area contributed by atoms with Gasteiger partial charge in [-0.05, 0) is 0 Å². The van der Waals surface area contributed by atoms with Gasteiger partial charge in [0.1, 0.15) is 29.9 Å². The molecule has 0 aromatic rings. The summed E-state index contributed by atoms with van der Waals surface area (Å²) in [4.78, 5) is 0. The van der Waals surface area contributed by atoms with Gasteiger partial charge >= 0.3 is 10.3 Å². The molecule has 124 valence electrons. The lowest BCUT2D eigenvalue weighted by molar-refractivity contribution is -0.205. The first kappa shape index (κ1) is 18.8. The van der Waals surface area contributed by atoms with Crippen LogP contribution in [0.15, 0.2) is 4.40 Å². The molecular formula is C10H19NO8S2. The Labute approximate surface area is 126 Å². The van der Waals surface area contributed by atoms with E-state index in [0.717, 1.165) is 0 Å². The lowest BCUT2D eigenvalue weighted by atomic mass is 10.0. The topological polar surface area (TPSA) is 157 Å². The first-order chi connectivity index (χ1) is 9.56. The maximum atomic E-state index is 10.8. The van der Waals surface area contributed by atoms with Gasteiger partial charge in [-0.2, -0.15) is 8.42 Å². The highest BCUT2D eigenvalue weighted by Gasteiger charge is 2.44. The average Bonchev–Trinajstić information content (AvgIpc) is 2.36. The van der Waals surface area contributed by atoms with Crippen LogP contribution in [0.3, 0.4) is 0 Å². The van der Waals surface area contributed by atoms with E-state index >= 15 is 0 Å². The number of hydrogen-bond donors (Lipinski definition) is 5. The molecule has 0 aromatic carbocycles. The fourth-order valence-electron chi connectivity index (χ4n) is 1.66. The summed E-state index contributed by atoms with van der Waals surface area (Å²) >= 11 is 0.690. The predicted octanol–water partition coefficient (Wildman–Crippen LogP) is -1.62. The van der Waals surface area contributed by atoms with Crippen molar-refractivity contribution in [1.29, 1.82) is 0 Å². The summed E-state index contributed by atoms with van der Waals surface area (Å²) < 4.78 is 38.8. The molecule has 0 aliphatic carbocycles. The van der Waals surface area contributed by atoms with E-state index in [1.807, 2.05) is 0 Å². The molecular weight excluding hydrogens is 326 g/mol. The molecule has 0 unspecified atom stereocenters. The van der Waals surface area contributed by atoms with Crippen molar-refractivity contribution >= 4 is 27.1 Å². The molecule has 1 rings (SSSR count). The van der Waals surface area contributed by atoms with Gasteiger partial charge in [0, 0.05) is 5.92 Å². The number of ether oxygens (including phenoxy) is 1. The third kappa shape index (κ3) is 5.14. The second-order valence-electron chi connectivity index (χ2n) is 4.85. The molecule has 0 saturated carbocycles. The summed E-state index contributed by atoms with van der Waals surface area (Å²) in [6.07, 6.45) is -5.67. The number of nitrogens with zero attached hydrogens (tertiary/aromatic N) is 1. The largest absolute Gasteiger partial charge is 0.394 e. The fraction of sp³-hybridized carbons (Fsp3) is 0.900. The molecule has 1 aliphatic heterocycles. The van der Waals surface area contributed by atoms with Crippen molar-refractivity contribution in [3.8, 4) is 0 Å². The van der Waals surface area contributed by atoms with Crippen molar-refractivity contribution < 1.29 is 38.1 Å². The Morgan fingerprint density at radius 3 is 2.24 bits per heavy atom. The third-order valence-corrected chi connectivity index (χ3v) is 4.75. The van der Waals surface area contributed by atoms with Crippen molar-refractivity contribution in [2.24, 2.45) is 10.3 Å². The molecule has 5 atom stereocenters. The zero-order valence-corrected chi connectivity index (χ0v) is 13.0. The van der Waals surface area contributed by atoms with Gasteiger partial charge in [-0.25, -0.2) is 0 Å². The van der Waals surface area contributed by atoms with Crippen LogP contribution in [0.4, 0.5) is 0 Å². The fourth-order valence-corrected chi connectivity index (χ4v) is 3.56. The highest BCUT2D eigenvalue weighted by Crippen LogP contribution is 2.31. The van der Waals surface area contributed by atoms with Crippen LogP contribution >= 0.6 is 11.8 Å². The number of thioether (sulfide) groups is 1. The van der Waals surface area contributed by atoms with E-state index in [1.54, 1.807) is 13.8 Å². The van der Waals surface area contributed by atoms with Crippen LogP contribution < -0.4 is 0 Å². The first-order valence-corrected chi connectivity index (χ1v) is 8.39. The molecule has 0 spiro atoms. The Kier molecular flexibility index (Phi) is 6.55. The normalized spacial score (nSPS) is 35.2. The van der Waals surface area contributed by atoms with Crippen molar-refractivity contribution in [3.63, 3.8) is 0 Å². The molecule has 1 heterocycles. The Balaban J connectivity index is 2.95. The van der Waals surface area contributed by atoms with E-state index < -0.39 is 52.7 Å².